The maximum absolute atomic E-state index is 12.6. The summed E-state index contributed by atoms with van der Waals surface area (Å²) in [6.07, 6.45) is 5.46. The summed E-state index contributed by atoms with van der Waals surface area (Å²) < 4.78 is 0. The first-order chi connectivity index (χ1) is 11.6. The molecule has 0 aliphatic carbocycles. The average Bonchev–Trinajstić information content (AvgIpc) is 2.60. The van der Waals surface area contributed by atoms with E-state index >= 15 is 0 Å². The van der Waals surface area contributed by atoms with Gasteiger partial charge in [0.1, 0.15) is 5.69 Å². The maximum atomic E-state index is 12.6. The lowest BCUT2D eigenvalue weighted by Crippen LogP contribution is -2.54. The van der Waals surface area contributed by atoms with Crippen LogP contribution in [0.1, 0.15) is 56.9 Å². The fraction of sp³-hybridized carbons (Fsp3) is 0.632. The zero-order valence-corrected chi connectivity index (χ0v) is 14.3. The number of carbonyl (C=O) groups is 1. The second-order valence-corrected chi connectivity index (χ2v) is 6.83. The van der Waals surface area contributed by atoms with Crippen molar-refractivity contribution in [2.75, 3.05) is 19.6 Å². The van der Waals surface area contributed by atoms with Crippen LogP contribution in [0.4, 0.5) is 0 Å². The number of fused-ring (bicyclic) bond motifs is 1. The van der Waals surface area contributed by atoms with E-state index in [0.717, 1.165) is 38.9 Å². The summed E-state index contributed by atoms with van der Waals surface area (Å²) in [6, 6.07) is 3.36. The number of hydrogen-bond acceptors (Lipinski definition) is 4. The van der Waals surface area contributed by atoms with Gasteiger partial charge in [-0.1, -0.05) is 27.4 Å². The molecule has 1 aromatic heterocycles. The van der Waals surface area contributed by atoms with Gasteiger partial charge in [0.25, 0.3) is 11.5 Å². The number of hydrogen-bond donors (Lipinski definition) is 1. The summed E-state index contributed by atoms with van der Waals surface area (Å²) in [5.74, 6) is 0.405. The van der Waals surface area contributed by atoms with Gasteiger partial charge in [0.2, 0.25) is 0 Å². The molecule has 6 heteroatoms. The normalized spacial score (nSPS) is 23.0. The standard InChI is InChI=1S/C18H26N4O2.CH4/c1-3-4-10-22-13(2)5-6-14-12-21(11-9-16(14)22)18(24)15-7-8-17(23)20-19-15;/h7-8,14,16H,2-6,9-12H2,1H3,(H,20,23);1H4/t14-,16+;/m1./s1. The molecule has 2 atom stereocenters. The van der Waals surface area contributed by atoms with Crippen molar-refractivity contribution in [2.45, 2.75) is 52.5 Å². The van der Waals surface area contributed by atoms with Crippen LogP contribution in [0.3, 0.4) is 0 Å². The van der Waals surface area contributed by atoms with E-state index in [1.165, 1.54) is 30.7 Å². The Morgan fingerprint density at radius 3 is 2.88 bits per heavy atom. The zero-order valence-electron chi connectivity index (χ0n) is 14.3. The first kappa shape index (κ1) is 19.2. The summed E-state index contributed by atoms with van der Waals surface area (Å²) in [4.78, 5) is 28.1. The van der Waals surface area contributed by atoms with Gasteiger partial charge in [-0.2, -0.15) is 5.10 Å². The highest BCUT2D eigenvalue weighted by atomic mass is 16.2. The molecule has 2 saturated heterocycles. The maximum Gasteiger partial charge on any atom is 0.274 e. The van der Waals surface area contributed by atoms with Crippen molar-refractivity contribution in [3.8, 4) is 0 Å². The minimum Gasteiger partial charge on any atom is -0.372 e. The summed E-state index contributed by atoms with van der Waals surface area (Å²) >= 11 is 0. The number of rotatable bonds is 4. The minimum atomic E-state index is -0.289. The highest BCUT2D eigenvalue weighted by Crippen LogP contribution is 2.35. The molecule has 0 unspecified atom stereocenters. The SMILES string of the molecule is C.C=C1CC[C@@H]2CN(C(=O)c3ccc(=O)[nH]n3)CC[C@@H]2N1CCCC. The number of carbonyl (C=O) groups excluding carboxylic acids is 1. The number of aromatic amines is 1. The Bertz CT molecular complexity index is 649. The van der Waals surface area contributed by atoms with Crippen LogP contribution >= 0.6 is 0 Å². The zero-order chi connectivity index (χ0) is 17.1. The van der Waals surface area contributed by atoms with Crippen LogP contribution in [0.2, 0.25) is 0 Å². The fourth-order valence-electron chi connectivity index (χ4n) is 3.91. The van der Waals surface area contributed by atoms with E-state index in [4.69, 9.17) is 0 Å². The van der Waals surface area contributed by atoms with E-state index in [9.17, 15) is 9.59 Å². The Kier molecular flexibility index (Phi) is 6.39. The number of amides is 1. The van der Waals surface area contributed by atoms with Crippen molar-refractivity contribution in [3.05, 3.63) is 40.5 Å². The summed E-state index contributed by atoms with van der Waals surface area (Å²) in [6.45, 7) is 9.03. The van der Waals surface area contributed by atoms with Crippen molar-refractivity contribution in [2.24, 2.45) is 5.92 Å². The molecular formula is C19H30N4O2. The molecule has 3 heterocycles. The molecule has 3 rings (SSSR count). The second kappa shape index (κ2) is 8.32. The van der Waals surface area contributed by atoms with Crippen LogP contribution in [-0.4, -0.2) is 51.6 Å². The highest BCUT2D eigenvalue weighted by Gasteiger charge is 2.38. The predicted molar refractivity (Wildman–Crippen MR) is 99.4 cm³/mol. The number of piperidine rings is 2. The fourth-order valence-corrected chi connectivity index (χ4v) is 3.91. The van der Waals surface area contributed by atoms with Gasteiger partial charge < -0.3 is 9.80 Å². The molecule has 2 fully saturated rings. The smallest absolute Gasteiger partial charge is 0.274 e. The topological polar surface area (TPSA) is 69.3 Å². The van der Waals surface area contributed by atoms with Crippen molar-refractivity contribution in [1.82, 2.24) is 20.0 Å². The molecular weight excluding hydrogens is 316 g/mol. The lowest BCUT2D eigenvalue weighted by molar-refractivity contribution is 0.0366. The van der Waals surface area contributed by atoms with Crippen molar-refractivity contribution in [1.29, 1.82) is 0 Å². The first-order valence-corrected chi connectivity index (χ1v) is 8.89. The molecule has 2 aliphatic rings. The highest BCUT2D eigenvalue weighted by molar-refractivity contribution is 5.92. The largest absolute Gasteiger partial charge is 0.372 e. The number of aromatic nitrogens is 2. The number of likely N-dealkylation sites (tertiary alicyclic amines) is 2. The van der Waals surface area contributed by atoms with Gasteiger partial charge >= 0.3 is 0 Å². The van der Waals surface area contributed by atoms with Crippen LogP contribution in [0.5, 0.6) is 0 Å². The molecule has 1 amide bonds. The van der Waals surface area contributed by atoms with Crippen LogP contribution < -0.4 is 5.56 Å². The van der Waals surface area contributed by atoms with Crippen molar-refractivity contribution < 1.29 is 4.79 Å². The third-order valence-electron chi connectivity index (χ3n) is 5.24. The molecule has 1 N–H and O–H groups in total. The molecule has 0 radical (unpaired) electrons. The number of allylic oxidation sites excluding steroid dienone is 1. The predicted octanol–water partition coefficient (Wildman–Crippen LogP) is 2.65. The van der Waals surface area contributed by atoms with Crippen molar-refractivity contribution >= 4 is 5.91 Å². The third-order valence-corrected chi connectivity index (χ3v) is 5.24. The van der Waals surface area contributed by atoms with E-state index in [1.807, 2.05) is 4.90 Å². The molecule has 0 aromatic carbocycles. The van der Waals surface area contributed by atoms with Gasteiger partial charge in [-0.15, -0.1) is 0 Å². The van der Waals surface area contributed by atoms with E-state index in [2.05, 4.69) is 28.6 Å². The third kappa shape index (κ3) is 4.11. The molecule has 0 saturated carbocycles. The number of nitrogens with one attached hydrogen (secondary N) is 1. The molecule has 6 nitrogen and oxygen atoms in total. The second-order valence-electron chi connectivity index (χ2n) is 6.83. The quantitative estimate of drug-likeness (QED) is 0.910. The van der Waals surface area contributed by atoms with Gasteiger partial charge in [-0.05, 0) is 37.7 Å². The Hall–Kier alpha value is -2.11. The summed E-state index contributed by atoms with van der Waals surface area (Å²) in [7, 11) is 0. The Morgan fingerprint density at radius 2 is 2.20 bits per heavy atom. The lowest BCUT2D eigenvalue weighted by atomic mass is 9.82. The first-order valence-electron chi connectivity index (χ1n) is 8.89. The van der Waals surface area contributed by atoms with Gasteiger partial charge in [0, 0.05) is 37.4 Å². The molecule has 25 heavy (non-hydrogen) atoms. The van der Waals surface area contributed by atoms with Crippen LogP contribution in [0.25, 0.3) is 0 Å². The van der Waals surface area contributed by atoms with Gasteiger partial charge in [0.05, 0.1) is 0 Å². The Morgan fingerprint density at radius 1 is 1.40 bits per heavy atom. The number of unbranched alkanes of at least 4 members (excludes halogenated alkanes) is 1. The van der Waals surface area contributed by atoms with E-state index in [0.29, 0.717) is 17.7 Å². The monoisotopic (exact) mass is 346 g/mol. The van der Waals surface area contributed by atoms with Gasteiger partial charge in [-0.3, -0.25) is 9.59 Å². The molecule has 1 aromatic rings. The lowest BCUT2D eigenvalue weighted by Gasteiger charge is -2.49. The van der Waals surface area contributed by atoms with Gasteiger partial charge in [-0.25, -0.2) is 5.10 Å². The van der Waals surface area contributed by atoms with E-state index in [-0.39, 0.29) is 18.9 Å². The molecule has 0 bridgehead atoms. The molecule has 2 aliphatic heterocycles. The molecule has 138 valence electrons. The van der Waals surface area contributed by atoms with Crippen molar-refractivity contribution in [3.63, 3.8) is 0 Å². The van der Waals surface area contributed by atoms with Crippen LogP contribution in [-0.2, 0) is 0 Å². The summed E-state index contributed by atoms with van der Waals surface area (Å²) in [5.41, 5.74) is 1.28. The minimum absolute atomic E-state index is 0. The Balaban J connectivity index is 0.00000225. The van der Waals surface area contributed by atoms with Crippen LogP contribution in [0, 0.1) is 5.92 Å². The van der Waals surface area contributed by atoms with Gasteiger partial charge in [0.15, 0.2) is 0 Å². The Labute approximate surface area is 149 Å². The molecule has 0 spiro atoms. The van der Waals surface area contributed by atoms with E-state index < -0.39 is 0 Å². The number of nitrogens with zero attached hydrogens (tertiary/aromatic N) is 3. The average molecular weight is 346 g/mol. The summed E-state index contributed by atoms with van der Waals surface area (Å²) in [5, 5.41) is 6.21. The number of H-pyrrole nitrogens is 1. The van der Waals surface area contributed by atoms with E-state index in [1.54, 1.807) is 0 Å². The van der Waals surface area contributed by atoms with Crippen LogP contribution in [0.15, 0.2) is 29.2 Å².